The molecule has 3 nitrogen and oxygen atoms in total. The molecule has 1 aliphatic heterocycles. The number of nitrogens with zero attached hydrogens (tertiary/aromatic N) is 1. The van der Waals surface area contributed by atoms with Gasteiger partial charge in [-0.1, -0.05) is 12.5 Å². The Morgan fingerprint density at radius 3 is 2.58 bits per heavy atom. The van der Waals surface area contributed by atoms with Gasteiger partial charge in [-0.3, -0.25) is 0 Å². The zero-order chi connectivity index (χ0) is 13.7. The Balaban J connectivity index is 1.75. The van der Waals surface area contributed by atoms with E-state index >= 15 is 0 Å². The molecule has 1 aliphatic rings. The van der Waals surface area contributed by atoms with Gasteiger partial charge in [0.05, 0.1) is 0 Å². The van der Waals surface area contributed by atoms with Crippen LogP contribution in [0.5, 0.6) is 5.75 Å². The van der Waals surface area contributed by atoms with Gasteiger partial charge in [0.1, 0.15) is 18.5 Å². The number of rotatable bonds is 5. The average molecular weight is 263 g/mol. The fraction of sp³-hybridized carbons (Fsp3) is 0.625. The molecular weight excluding hydrogens is 238 g/mol. The monoisotopic (exact) mass is 263 g/mol. The second-order valence-electron chi connectivity index (χ2n) is 5.57. The Bertz CT molecular complexity index is 400. The number of hydrogen-bond donors (Lipinski definition) is 1. The minimum absolute atomic E-state index is 0.374. The summed E-state index contributed by atoms with van der Waals surface area (Å²) in [6.07, 6.45) is 3.43. The molecule has 2 rings (SSSR count). The zero-order valence-electron chi connectivity index (χ0n) is 12.1. The number of aliphatic hydroxyl groups excluding tert-OH is 1. The van der Waals surface area contributed by atoms with E-state index in [2.05, 4.69) is 24.8 Å². The number of β-amino-alcohol motifs (C(OH)–C–C–N with tert-alkyl or cyclic N) is 1. The number of hydrogen-bond acceptors (Lipinski definition) is 3. The van der Waals surface area contributed by atoms with Crippen molar-refractivity contribution in [3.05, 3.63) is 29.3 Å². The molecule has 0 bridgehead atoms. The number of piperidine rings is 1. The van der Waals surface area contributed by atoms with Gasteiger partial charge in [0.25, 0.3) is 0 Å². The van der Waals surface area contributed by atoms with E-state index < -0.39 is 6.10 Å². The molecule has 1 N–H and O–H groups in total. The summed E-state index contributed by atoms with van der Waals surface area (Å²) in [4.78, 5) is 2.33. The molecule has 0 aromatic heterocycles. The van der Waals surface area contributed by atoms with E-state index in [0.29, 0.717) is 6.61 Å². The molecule has 19 heavy (non-hydrogen) atoms. The Morgan fingerprint density at radius 1 is 1.16 bits per heavy atom. The molecule has 1 heterocycles. The predicted molar refractivity (Wildman–Crippen MR) is 77.7 cm³/mol. The highest BCUT2D eigenvalue weighted by molar-refractivity contribution is 5.33. The third-order valence-electron chi connectivity index (χ3n) is 3.84. The van der Waals surface area contributed by atoms with Crippen LogP contribution in [0.2, 0.25) is 0 Å². The normalized spacial score (nSPS) is 18.3. The number of likely N-dealkylation sites (tertiary alicyclic amines) is 1. The molecule has 0 saturated carbocycles. The lowest BCUT2D eigenvalue weighted by Crippen LogP contribution is -2.38. The summed E-state index contributed by atoms with van der Waals surface area (Å²) in [6, 6.07) is 6.06. The first-order chi connectivity index (χ1) is 9.15. The SMILES string of the molecule is Cc1ccc(OC[C@@H](O)CN2CCCCC2)cc1C. The minimum atomic E-state index is -0.403. The van der Waals surface area contributed by atoms with Crippen molar-refractivity contribution in [3.8, 4) is 5.75 Å². The smallest absolute Gasteiger partial charge is 0.119 e. The Morgan fingerprint density at radius 2 is 1.89 bits per heavy atom. The maximum Gasteiger partial charge on any atom is 0.119 e. The van der Waals surface area contributed by atoms with Gasteiger partial charge >= 0.3 is 0 Å². The van der Waals surface area contributed by atoms with Gasteiger partial charge < -0.3 is 14.7 Å². The maximum atomic E-state index is 10.0. The zero-order valence-corrected chi connectivity index (χ0v) is 12.1. The van der Waals surface area contributed by atoms with Crippen molar-refractivity contribution in [1.82, 2.24) is 4.90 Å². The van der Waals surface area contributed by atoms with E-state index in [1.807, 2.05) is 12.1 Å². The van der Waals surface area contributed by atoms with Crippen molar-refractivity contribution in [3.63, 3.8) is 0 Å². The van der Waals surface area contributed by atoms with E-state index in [9.17, 15) is 5.11 Å². The van der Waals surface area contributed by atoms with Gasteiger partial charge in [-0.05, 0) is 63.0 Å². The summed E-state index contributed by atoms with van der Waals surface area (Å²) >= 11 is 0. The van der Waals surface area contributed by atoms with Crippen LogP contribution in [0.25, 0.3) is 0 Å². The van der Waals surface area contributed by atoms with Gasteiger partial charge in [0.2, 0.25) is 0 Å². The second kappa shape index (κ2) is 6.92. The van der Waals surface area contributed by atoms with Crippen LogP contribution in [0.3, 0.4) is 0 Å². The highest BCUT2D eigenvalue weighted by Crippen LogP contribution is 2.17. The summed E-state index contributed by atoms with van der Waals surface area (Å²) in [5.74, 6) is 0.848. The lowest BCUT2D eigenvalue weighted by atomic mass is 10.1. The van der Waals surface area contributed by atoms with E-state index in [1.165, 1.54) is 30.4 Å². The van der Waals surface area contributed by atoms with Crippen molar-refractivity contribution >= 4 is 0 Å². The third-order valence-corrected chi connectivity index (χ3v) is 3.84. The van der Waals surface area contributed by atoms with Gasteiger partial charge in [-0.15, -0.1) is 0 Å². The van der Waals surface area contributed by atoms with E-state index in [4.69, 9.17) is 4.74 Å². The Hall–Kier alpha value is -1.06. The summed E-state index contributed by atoms with van der Waals surface area (Å²) in [7, 11) is 0. The van der Waals surface area contributed by atoms with Crippen LogP contribution in [-0.2, 0) is 0 Å². The quantitative estimate of drug-likeness (QED) is 0.886. The molecule has 0 aliphatic carbocycles. The van der Waals surface area contributed by atoms with E-state index in [1.54, 1.807) is 0 Å². The number of aryl methyl sites for hydroxylation is 2. The molecule has 106 valence electrons. The molecular formula is C16H25NO2. The second-order valence-corrected chi connectivity index (χ2v) is 5.57. The van der Waals surface area contributed by atoms with Crippen molar-refractivity contribution in [1.29, 1.82) is 0 Å². The fourth-order valence-electron chi connectivity index (χ4n) is 2.49. The average Bonchev–Trinajstić information content (AvgIpc) is 2.41. The van der Waals surface area contributed by atoms with Crippen LogP contribution < -0.4 is 4.74 Å². The Kier molecular flexibility index (Phi) is 5.23. The summed E-state index contributed by atoms with van der Waals surface area (Å²) in [6.45, 7) is 7.49. The summed E-state index contributed by atoms with van der Waals surface area (Å²) < 4.78 is 5.67. The van der Waals surface area contributed by atoms with Crippen molar-refractivity contribution in [2.24, 2.45) is 0 Å². The lowest BCUT2D eigenvalue weighted by molar-refractivity contribution is 0.0617. The first kappa shape index (κ1) is 14.4. The van der Waals surface area contributed by atoms with Crippen LogP contribution in [-0.4, -0.2) is 42.4 Å². The summed E-state index contributed by atoms with van der Waals surface area (Å²) in [5, 5.41) is 10.0. The number of ether oxygens (including phenoxy) is 1. The first-order valence-electron chi connectivity index (χ1n) is 7.25. The molecule has 1 fully saturated rings. The largest absolute Gasteiger partial charge is 0.491 e. The third kappa shape index (κ3) is 4.51. The molecule has 0 unspecified atom stereocenters. The number of aliphatic hydroxyl groups is 1. The van der Waals surface area contributed by atoms with Crippen LogP contribution in [0, 0.1) is 13.8 Å². The molecule has 3 heteroatoms. The number of benzene rings is 1. The first-order valence-corrected chi connectivity index (χ1v) is 7.25. The van der Waals surface area contributed by atoms with Crippen LogP contribution in [0.1, 0.15) is 30.4 Å². The van der Waals surface area contributed by atoms with Gasteiger partial charge in [-0.25, -0.2) is 0 Å². The van der Waals surface area contributed by atoms with Gasteiger partial charge in [-0.2, -0.15) is 0 Å². The van der Waals surface area contributed by atoms with Crippen LogP contribution in [0.15, 0.2) is 18.2 Å². The topological polar surface area (TPSA) is 32.7 Å². The fourth-order valence-corrected chi connectivity index (χ4v) is 2.49. The van der Waals surface area contributed by atoms with Crippen molar-refractivity contribution in [2.75, 3.05) is 26.2 Å². The highest BCUT2D eigenvalue weighted by Gasteiger charge is 2.15. The molecule has 1 atom stereocenters. The molecule has 1 aromatic carbocycles. The summed E-state index contributed by atoms with van der Waals surface area (Å²) in [5.41, 5.74) is 2.49. The maximum absolute atomic E-state index is 10.0. The van der Waals surface area contributed by atoms with E-state index in [0.717, 1.165) is 25.4 Å². The molecule has 0 spiro atoms. The van der Waals surface area contributed by atoms with Crippen molar-refractivity contribution < 1.29 is 9.84 Å². The van der Waals surface area contributed by atoms with Gasteiger partial charge in [0, 0.05) is 6.54 Å². The van der Waals surface area contributed by atoms with E-state index in [-0.39, 0.29) is 0 Å². The highest BCUT2D eigenvalue weighted by atomic mass is 16.5. The lowest BCUT2D eigenvalue weighted by Gasteiger charge is -2.28. The standard InChI is InChI=1S/C16H25NO2/c1-13-6-7-16(10-14(13)2)19-12-15(18)11-17-8-4-3-5-9-17/h6-7,10,15,18H,3-5,8-9,11-12H2,1-2H3/t15-/m0/s1. The van der Waals surface area contributed by atoms with Crippen LogP contribution >= 0.6 is 0 Å². The van der Waals surface area contributed by atoms with Crippen LogP contribution in [0.4, 0.5) is 0 Å². The van der Waals surface area contributed by atoms with Gasteiger partial charge in [0.15, 0.2) is 0 Å². The molecule has 1 saturated heterocycles. The predicted octanol–water partition coefficient (Wildman–Crippen LogP) is 2.53. The Labute approximate surface area is 116 Å². The molecule has 0 radical (unpaired) electrons. The van der Waals surface area contributed by atoms with Crippen molar-refractivity contribution in [2.45, 2.75) is 39.2 Å². The minimum Gasteiger partial charge on any atom is -0.491 e. The molecule has 0 amide bonds. The molecule has 1 aromatic rings.